The second-order valence-corrected chi connectivity index (χ2v) is 13.9. The standard InChI is InChI=1S/C44H44B2N8/c1-8-47-29-50-44-45(42-36(32-16-11-9-12-17-32)20-15-21-37(42)33-18-13-10-14-19-33)39-28-48-30-49-43(39)46(51-44)38-25-24-35(53(5)6)27-41(38)54(7)40-26-34(52(3)4)23-22-31(40)2/h8-30H,1-7H3. The molecule has 0 saturated heterocycles. The molecule has 7 rings (SSSR count). The minimum Gasteiger partial charge on any atom is -0.378 e. The molecule has 0 saturated carbocycles. The van der Waals surface area contributed by atoms with Crippen molar-refractivity contribution in [3.05, 3.63) is 133 Å². The summed E-state index contributed by atoms with van der Waals surface area (Å²) in [5.74, 6) is 0. The van der Waals surface area contributed by atoms with Crippen molar-refractivity contribution in [2.75, 3.05) is 49.9 Å². The minimum atomic E-state index is -0.466. The third-order valence-corrected chi connectivity index (χ3v) is 10.1. The Morgan fingerprint density at radius 1 is 0.667 bits per heavy atom. The summed E-state index contributed by atoms with van der Waals surface area (Å²) in [6.45, 7) is 3.20. The Labute approximate surface area is 319 Å². The highest BCUT2D eigenvalue weighted by Crippen LogP contribution is 2.32. The van der Waals surface area contributed by atoms with Gasteiger partial charge in [0.15, 0.2) is 0 Å². The maximum Gasteiger partial charge on any atom is 0.365 e. The molecular weight excluding hydrogens is 662 g/mol. The van der Waals surface area contributed by atoms with Crippen molar-refractivity contribution < 1.29 is 0 Å². The Morgan fingerprint density at radius 3 is 1.89 bits per heavy atom. The molecule has 1 aliphatic heterocycles. The number of anilines is 4. The molecule has 10 heteroatoms. The van der Waals surface area contributed by atoms with Gasteiger partial charge in [0.05, 0.1) is 5.73 Å². The molecule has 8 nitrogen and oxygen atoms in total. The molecule has 0 spiro atoms. The zero-order valence-corrected chi connectivity index (χ0v) is 32.0. The van der Waals surface area contributed by atoms with E-state index >= 15 is 0 Å². The molecule has 0 aliphatic carbocycles. The van der Waals surface area contributed by atoms with Crippen molar-refractivity contribution in [1.29, 1.82) is 0 Å². The van der Waals surface area contributed by atoms with Gasteiger partial charge >= 0.3 is 6.85 Å². The highest BCUT2D eigenvalue weighted by Gasteiger charge is 2.42. The quantitative estimate of drug-likeness (QED) is 0.108. The number of benzene rings is 5. The van der Waals surface area contributed by atoms with Gasteiger partial charge in [-0.1, -0.05) is 91.0 Å². The fraction of sp³-hybridized carbons (Fsp3) is 0.159. The van der Waals surface area contributed by atoms with Gasteiger partial charge in [-0.25, -0.2) is 20.0 Å². The molecule has 2 heterocycles. The number of hydrogen-bond donors (Lipinski definition) is 0. The van der Waals surface area contributed by atoms with E-state index < -0.39 is 6.85 Å². The van der Waals surface area contributed by atoms with Gasteiger partial charge in [0.2, 0.25) is 0 Å². The highest BCUT2D eigenvalue weighted by atomic mass is 15.1. The van der Waals surface area contributed by atoms with E-state index in [0.717, 1.165) is 67.0 Å². The van der Waals surface area contributed by atoms with Crippen LogP contribution in [0.1, 0.15) is 12.5 Å². The molecule has 5 aromatic carbocycles. The average molecular weight is 707 g/mol. The molecule has 0 amide bonds. The summed E-state index contributed by atoms with van der Waals surface area (Å²) >= 11 is 0. The van der Waals surface area contributed by atoms with Crippen molar-refractivity contribution in [3.8, 4) is 22.3 Å². The molecule has 0 fully saturated rings. The Bertz CT molecular complexity index is 2300. The van der Waals surface area contributed by atoms with Crippen LogP contribution >= 0.6 is 0 Å². The number of aryl methyl sites for hydroxylation is 1. The Kier molecular flexibility index (Phi) is 10.5. The van der Waals surface area contributed by atoms with E-state index in [4.69, 9.17) is 14.9 Å². The summed E-state index contributed by atoms with van der Waals surface area (Å²) in [6.07, 6.45) is 6.92. The molecule has 0 unspecified atom stereocenters. The zero-order chi connectivity index (χ0) is 37.8. The SMILES string of the molecule is CC=NC=NC1=NB(c2ccc(N(C)C)cc2N(C)c2cc(N(C)C)ccc2C)c2ncncc2B1c1c(-c2ccccc2)cccc1-c1ccccc1. The predicted molar refractivity (Wildman–Crippen MR) is 234 cm³/mol. The lowest BCUT2D eigenvalue weighted by Crippen LogP contribution is -2.66. The molecule has 1 aromatic heterocycles. The van der Waals surface area contributed by atoms with Crippen molar-refractivity contribution in [1.82, 2.24) is 9.97 Å². The topological polar surface area (TPSA) is 72.6 Å². The third-order valence-electron chi connectivity index (χ3n) is 10.1. The summed E-state index contributed by atoms with van der Waals surface area (Å²) < 4.78 is 0. The molecule has 6 aromatic rings. The number of fused-ring (bicyclic) bond motifs is 1. The van der Waals surface area contributed by atoms with Crippen molar-refractivity contribution >= 4 is 76.6 Å². The molecule has 54 heavy (non-hydrogen) atoms. The Morgan fingerprint density at radius 2 is 1.28 bits per heavy atom. The van der Waals surface area contributed by atoms with E-state index in [1.807, 2.05) is 25.3 Å². The van der Waals surface area contributed by atoms with Crippen LogP contribution in [0.2, 0.25) is 0 Å². The zero-order valence-electron chi connectivity index (χ0n) is 32.0. The molecule has 0 bridgehead atoms. The second kappa shape index (κ2) is 15.8. The number of amidine groups is 1. The lowest BCUT2D eigenvalue weighted by molar-refractivity contribution is 1.11. The van der Waals surface area contributed by atoms with Gasteiger partial charge in [0.25, 0.3) is 6.71 Å². The van der Waals surface area contributed by atoms with Crippen LogP contribution in [0.4, 0.5) is 22.7 Å². The molecule has 266 valence electrons. The lowest BCUT2D eigenvalue weighted by atomic mass is 9.31. The van der Waals surface area contributed by atoms with Gasteiger partial charge in [0, 0.05) is 76.0 Å². The summed E-state index contributed by atoms with van der Waals surface area (Å²) in [7, 11) is 10.4. The minimum absolute atomic E-state index is 0.381. The monoisotopic (exact) mass is 706 g/mol. The van der Waals surface area contributed by atoms with Gasteiger partial charge < -0.3 is 19.6 Å². The van der Waals surface area contributed by atoms with Crippen LogP contribution in [0.25, 0.3) is 22.3 Å². The first kappa shape index (κ1) is 36.1. The summed E-state index contributed by atoms with van der Waals surface area (Å²) in [4.78, 5) is 31.3. The third kappa shape index (κ3) is 7.07. The van der Waals surface area contributed by atoms with Gasteiger partial charge in [-0.2, -0.15) is 0 Å². The average Bonchev–Trinajstić information content (AvgIpc) is 3.20. The number of nitrogens with zero attached hydrogens (tertiary/aromatic N) is 8. The molecule has 0 N–H and O–H groups in total. The van der Waals surface area contributed by atoms with Crippen LogP contribution in [0.15, 0.2) is 143 Å². The van der Waals surface area contributed by atoms with E-state index in [9.17, 15) is 0 Å². The van der Waals surface area contributed by atoms with Crippen LogP contribution in [0.5, 0.6) is 0 Å². The van der Waals surface area contributed by atoms with E-state index in [0.29, 0.717) is 5.73 Å². The molecular formula is C44H44B2N8. The van der Waals surface area contributed by atoms with Crippen molar-refractivity contribution in [3.63, 3.8) is 0 Å². The second-order valence-electron chi connectivity index (χ2n) is 13.9. The van der Waals surface area contributed by atoms with Crippen LogP contribution < -0.4 is 36.7 Å². The smallest absolute Gasteiger partial charge is 0.365 e. The first-order chi connectivity index (χ1) is 26.3. The van der Waals surface area contributed by atoms with Crippen LogP contribution in [-0.2, 0) is 0 Å². The number of rotatable bonds is 9. The first-order valence-corrected chi connectivity index (χ1v) is 18.2. The molecule has 0 atom stereocenters. The fourth-order valence-corrected chi connectivity index (χ4v) is 7.29. The highest BCUT2D eigenvalue weighted by molar-refractivity contribution is 7.15. The van der Waals surface area contributed by atoms with E-state index in [1.54, 1.807) is 18.9 Å². The number of aromatic nitrogens is 2. The van der Waals surface area contributed by atoms with Gasteiger partial charge in [-0.15, -0.1) is 0 Å². The Balaban J connectivity index is 1.50. The maximum absolute atomic E-state index is 5.58. The van der Waals surface area contributed by atoms with Gasteiger partial charge in [-0.3, -0.25) is 0 Å². The van der Waals surface area contributed by atoms with Crippen LogP contribution in [0, 0.1) is 6.92 Å². The van der Waals surface area contributed by atoms with Crippen molar-refractivity contribution in [2.45, 2.75) is 13.8 Å². The van der Waals surface area contributed by atoms with Crippen molar-refractivity contribution in [2.24, 2.45) is 14.9 Å². The predicted octanol–water partition coefficient (Wildman–Crippen LogP) is 5.80. The largest absolute Gasteiger partial charge is 0.378 e. The summed E-state index contributed by atoms with van der Waals surface area (Å²) in [5, 5.41) is 0. The van der Waals surface area contributed by atoms with Gasteiger partial charge in [-0.05, 0) is 82.3 Å². The lowest BCUT2D eigenvalue weighted by Gasteiger charge is -2.31. The Hall–Kier alpha value is -6.28. The van der Waals surface area contributed by atoms with E-state index in [1.165, 1.54) is 5.56 Å². The fourth-order valence-electron chi connectivity index (χ4n) is 7.29. The number of aliphatic imine (C=N–C) groups is 2. The van der Waals surface area contributed by atoms with E-state index in [2.05, 4.69) is 170 Å². The molecule has 1 aliphatic rings. The van der Waals surface area contributed by atoms with Crippen LogP contribution in [0.3, 0.4) is 0 Å². The van der Waals surface area contributed by atoms with E-state index in [-0.39, 0.29) is 6.71 Å². The number of hydrogen-bond acceptors (Lipinski definition) is 7. The normalized spacial score (nSPS) is 12.6. The summed E-state index contributed by atoms with van der Waals surface area (Å²) in [5.41, 5.74) is 14.5. The maximum atomic E-state index is 5.58. The molecule has 0 radical (unpaired) electrons. The van der Waals surface area contributed by atoms with Crippen LogP contribution in [-0.4, -0.2) is 77.1 Å². The first-order valence-electron chi connectivity index (χ1n) is 18.2. The summed E-state index contributed by atoms with van der Waals surface area (Å²) in [6, 6.07) is 40.7. The van der Waals surface area contributed by atoms with Gasteiger partial charge in [0.1, 0.15) is 12.7 Å².